The van der Waals surface area contributed by atoms with Crippen LogP contribution >= 0.6 is 0 Å². The van der Waals surface area contributed by atoms with Crippen molar-refractivity contribution >= 4 is 22.7 Å². The van der Waals surface area contributed by atoms with E-state index in [0.29, 0.717) is 51.8 Å². The molecule has 2 aromatic carbocycles. The van der Waals surface area contributed by atoms with Crippen LogP contribution in [0, 0.1) is 28.6 Å². The quantitative estimate of drug-likeness (QED) is 0.218. The Morgan fingerprint density at radius 1 is 0.889 bits per heavy atom. The number of fused-ring (bicyclic) bond motifs is 6. The van der Waals surface area contributed by atoms with E-state index in [1.165, 1.54) is 25.0 Å². The molecule has 0 aliphatic heterocycles. The third kappa shape index (κ3) is 5.70. The summed E-state index contributed by atoms with van der Waals surface area (Å²) in [5.74, 6) is 4.19. The number of Topliss-reactive ketones (excluding diaryl/α,β-unsaturated/α-hetero) is 1. The van der Waals surface area contributed by atoms with Gasteiger partial charge in [-0.3, -0.25) is 14.4 Å². The first-order valence-electron chi connectivity index (χ1n) is 16.2. The van der Waals surface area contributed by atoms with Gasteiger partial charge in [-0.05, 0) is 86.0 Å². The highest BCUT2D eigenvalue weighted by Gasteiger charge is 2.58. The maximum atomic E-state index is 12.4. The number of hydrogen-bond donors (Lipinski definition) is 0. The van der Waals surface area contributed by atoms with E-state index in [9.17, 15) is 14.4 Å². The molecule has 0 N–H and O–H groups in total. The van der Waals surface area contributed by atoms with Crippen molar-refractivity contribution in [3.63, 3.8) is 0 Å². The topological polar surface area (TPSA) is 92.0 Å². The minimum atomic E-state index is -0.157. The second-order valence-corrected chi connectivity index (χ2v) is 13.7. The Hall–Kier alpha value is -3.87. The van der Waals surface area contributed by atoms with E-state index < -0.39 is 0 Å². The Bertz CT molecular complexity index is 1700. The molecule has 6 unspecified atom stereocenters. The minimum absolute atomic E-state index is 0.0438. The van der Waals surface area contributed by atoms with Gasteiger partial charge in [-0.15, -0.1) is 0 Å². The lowest BCUT2D eigenvalue weighted by atomic mass is 9.48. The first-order chi connectivity index (χ1) is 21.6. The van der Waals surface area contributed by atoms with Gasteiger partial charge in [0, 0.05) is 42.9 Å². The zero-order chi connectivity index (χ0) is 31.9. The summed E-state index contributed by atoms with van der Waals surface area (Å²) in [7, 11) is 3.17. The van der Waals surface area contributed by atoms with Gasteiger partial charge < -0.3 is 18.6 Å². The number of carbonyl (C=O) groups excluding carboxylic acids is 2. The highest BCUT2D eigenvalue weighted by molar-refractivity contribution is 5.87. The van der Waals surface area contributed by atoms with Crippen LogP contribution in [0.3, 0.4) is 0 Å². The predicted octanol–water partition coefficient (Wildman–Crippen LogP) is 7.93. The number of esters is 1. The molecule has 0 spiro atoms. The molecule has 7 heteroatoms. The SMILES string of the molecule is CC(=O)OC1CCC2(C)C(=CCC3C4CCC(=O)C4(C)CCC32)C1.COc1cccc(-c2cc(=O)c3ccc(OC)cc3o2)c1. The molecular formula is C38H44O7. The molecule has 3 saturated carbocycles. The maximum absolute atomic E-state index is 12.4. The highest BCUT2D eigenvalue weighted by Crippen LogP contribution is 2.64. The van der Waals surface area contributed by atoms with Crippen LogP contribution < -0.4 is 14.9 Å². The van der Waals surface area contributed by atoms with Gasteiger partial charge >= 0.3 is 5.97 Å². The van der Waals surface area contributed by atoms with Crippen LogP contribution in [-0.4, -0.2) is 32.1 Å². The lowest BCUT2D eigenvalue weighted by molar-refractivity contribution is -0.148. The summed E-state index contributed by atoms with van der Waals surface area (Å²) in [5.41, 5.74) is 2.94. The van der Waals surface area contributed by atoms with Crippen molar-refractivity contribution in [3.8, 4) is 22.8 Å². The molecule has 3 fully saturated rings. The monoisotopic (exact) mass is 612 g/mol. The standard InChI is InChI=1S/C21H30O3.C17H14O4/c1-13(22)24-15-8-10-20(2)14(12-15)4-5-16-17-6-7-19(23)21(17,3)11-9-18(16)20;1-19-12-5-3-4-11(8-12)16-10-15(18)14-7-6-13(20-2)9-17(14)21-16/h4,15-18H,5-12H2,1-3H3;3-10H,1-2H3. The zero-order valence-corrected chi connectivity index (χ0v) is 27.0. The lowest BCUT2D eigenvalue weighted by Crippen LogP contribution is -2.50. The fourth-order valence-electron chi connectivity index (χ4n) is 8.91. The van der Waals surface area contributed by atoms with Gasteiger partial charge in [-0.2, -0.15) is 0 Å². The number of rotatable bonds is 4. The van der Waals surface area contributed by atoms with Crippen LogP contribution in [0.15, 0.2) is 69.4 Å². The fraction of sp³-hybridized carbons (Fsp3) is 0.500. The summed E-state index contributed by atoms with van der Waals surface area (Å²) >= 11 is 0. The van der Waals surface area contributed by atoms with Gasteiger partial charge in [0.15, 0.2) is 5.43 Å². The molecule has 1 aromatic heterocycles. The predicted molar refractivity (Wildman–Crippen MR) is 173 cm³/mol. The van der Waals surface area contributed by atoms with E-state index in [1.807, 2.05) is 24.3 Å². The molecule has 4 aliphatic carbocycles. The van der Waals surface area contributed by atoms with Gasteiger partial charge in [0.05, 0.1) is 19.6 Å². The van der Waals surface area contributed by atoms with Crippen molar-refractivity contribution in [2.24, 2.45) is 28.6 Å². The molecule has 0 bridgehead atoms. The number of hydrogen-bond acceptors (Lipinski definition) is 7. The van der Waals surface area contributed by atoms with E-state index in [4.69, 9.17) is 18.6 Å². The van der Waals surface area contributed by atoms with E-state index in [1.54, 1.807) is 32.4 Å². The van der Waals surface area contributed by atoms with Crippen molar-refractivity contribution in [1.29, 1.82) is 0 Å². The van der Waals surface area contributed by atoms with Crippen molar-refractivity contribution in [2.75, 3.05) is 14.2 Å². The number of carbonyl (C=O) groups is 2. The Kier molecular flexibility index (Phi) is 8.40. The molecule has 4 aliphatic rings. The largest absolute Gasteiger partial charge is 0.497 e. The Labute approximate surface area is 264 Å². The van der Waals surface area contributed by atoms with Crippen molar-refractivity contribution in [2.45, 2.75) is 78.2 Å². The highest BCUT2D eigenvalue weighted by atomic mass is 16.5. The molecule has 7 nitrogen and oxygen atoms in total. The zero-order valence-electron chi connectivity index (χ0n) is 27.0. The molecule has 45 heavy (non-hydrogen) atoms. The number of ketones is 1. The van der Waals surface area contributed by atoms with Crippen LogP contribution in [-0.2, 0) is 14.3 Å². The first kappa shape index (κ1) is 31.1. The second kappa shape index (κ2) is 12.1. The van der Waals surface area contributed by atoms with Crippen LogP contribution in [0.2, 0.25) is 0 Å². The van der Waals surface area contributed by atoms with Crippen LogP contribution in [0.25, 0.3) is 22.3 Å². The van der Waals surface area contributed by atoms with E-state index in [2.05, 4.69) is 19.9 Å². The summed E-state index contributed by atoms with van der Waals surface area (Å²) in [5, 5.41) is 0.530. The number of methoxy groups -OCH3 is 2. The van der Waals surface area contributed by atoms with Crippen LogP contribution in [0.1, 0.15) is 72.1 Å². The maximum Gasteiger partial charge on any atom is 0.302 e. The fourth-order valence-corrected chi connectivity index (χ4v) is 8.91. The second-order valence-electron chi connectivity index (χ2n) is 13.7. The number of ether oxygens (including phenoxy) is 3. The number of allylic oxidation sites excluding steroid dienone is 1. The molecule has 6 atom stereocenters. The van der Waals surface area contributed by atoms with Crippen molar-refractivity contribution < 1.29 is 28.2 Å². The molecule has 238 valence electrons. The molecule has 0 amide bonds. The average Bonchev–Trinajstić information content (AvgIpc) is 3.34. The summed E-state index contributed by atoms with van der Waals surface area (Å²) in [6.45, 7) is 6.19. The minimum Gasteiger partial charge on any atom is -0.497 e. The van der Waals surface area contributed by atoms with E-state index in [-0.39, 0.29) is 28.3 Å². The van der Waals surface area contributed by atoms with E-state index >= 15 is 0 Å². The van der Waals surface area contributed by atoms with E-state index in [0.717, 1.165) is 50.5 Å². The molecule has 3 aromatic rings. The van der Waals surface area contributed by atoms with Gasteiger partial charge in [0.2, 0.25) is 0 Å². The molecule has 1 heterocycles. The molecule has 0 saturated heterocycles. The Balaban J connectivity index is 0.000000160. The summed E-state index contributed by atoms with van der Waals surface area (Å²) in [6, 6.07) is 14.0. The lowest BCUT2D eigenvalue weighted by Gasteiger charge is -2.56. The summed E-state index contributed by atoms with van der Waals surface area (Å²) in [6.07, 6.45) is 10.8. The Morgan fingerprint density at radius 2 is 1.62 bits per heavy atom. The summed E-state index contributed by atoms with van der Waals surface area (Å²) < 4.78 is 21.7. The van der Waals surface area contributed by atoms with Gasteiger partial charge in [0.25, 0.3) is 0 Å². The van der Waals surface area contributed by atoms with Crippen molar-refractivity contribution in [1.82, 2.24) is 0 Å². The van der Waals surface area contributed by atoms with Gasteiger partial charge in [-0.1, -0.05) is 37.6 Å². The third-order valence-corrected chi connectivity index (χ3v) is 11.4. The van der Waals surface area contributed by atoms with Crippen LogP contribution in [0.5, 0.6) is 11.5 Å². The van der Waals surface area contributed by atoms with Gasteiger partial charge in [-0.25, -0.2) is 0 Å². The van der Waals surface area contributed by atoms with Crippen molar-refractivity contribution in [3.05, 3.63) is 70.4 Å². The smallest absolute Gasteiger partial charge is 0.302 e. The van der Waals surface area contributed by atoms with Crippen LogP contribution in [0.4, 0.5) is 0 Å². The molecular weight excluding hydrogens is 568 g/mol. The molecule has 7 rings (SSSR count). The third-order valence-electron chi connectivity index (χ3n) is 11.4. The molecule has 0 radical (unpaired) electrons. The average molecular weight is 613 g/mol. The first-order valence-corrected chi connectivity index (χ1v) is 16.2. The number of benzene rings is 2. The van der Waals surface area contributed by atoms with Gasteiger partial charge in [0.1, 0.15) is 34.7 Å². The summed E-state index contributed by atoms with van der Waals surface area (Å²) in [4.78, 5) is 35.9. The Morgan fingerprint density at radius 3 is 2.38 bits per heavy atom. The normalized spacial score (nSPS) is 30.2.